The number of aromatic nitrogens is 2. The number of nitrogen functional groups attached to an aromatic ring is 1. The number of para-hydroxylation sites is 2. The molecule has 0 spiro atoms. The highest BCUT2D eigenvalue weighted by atomic mass is 16.1. The zero-order valence-corrected chi connectivity index (χ0v) is 11.7. The third kappa shape index (κ3) is 2.56. The number of anilines is 1. The predicted octanol–water partition coefficient (Wildman–Crippen LogP) is 3.05. The van der Waals surface area contributed by atoms with E-state index in [1.165, 1.54) is 6.08 Å². The van der Waals surface area contributed by atoms with E-state index in [1.54, 1.807) is 10.6 Å². The van der Waals surface area contributed by atoms with Crippen LogP contribution in [-0.4, -0.2) is 15.3 Å². The number of benzene rings is 2. The molecule has 0 unspecified atom stereocenters. The molecule has 0 saturated heterocycles. The first-order chi connectivity index (χ1) is 10.1. The molecular formula is C17H15N3O. The van der Waals surface area contributed by atoms with Crippen molar-refractivity contribution in [1.29, 1.82) is 0 Å². The highest BCUT2D eigenvalue weighted by Gasteiger charge is 2.12. The van der Waals surface area contributed by atoms with Crippen molar-refractivity contribution in [1.82, 2.24) is 9.55 Å². The number of allylic oxidation sites excluding steroid dienone is 1. The number of carbonyl (C=O) groups is 1. The second-order valence-electron chi connectivity index (χ2n) is 4.85. The van der Waals surface area contributed by atoms with E-state index in [1.807, 2.05) is 55.6 Å². The van der Waals surface area contributed by atoms with Crippen LogP contribution in [0, 0.1) is 0 Å². The van der Waals surface area contributed by atoms with Crippen LogP contribution in [0.1, 0.15) is 16.2 Å². The highest BCUT2D eigenvalue weighted by Crippen LogP contribution is 2.15. The number of hydrogen-bond acceptors (Lipinski definition) is 3. The molecule has 2 aromatic carbocycles. The molecule has 0 fully saturated rings. The van der Waals surface area contributed by atoms with Crippen LogP contribution in [0.5, 0.6) is 0 Å². The fourth-order valence-electron chi connectivity index (χ4n) is 2.28. The van der Waals surface area contributed by atoms with Gasteiger partial charge in [0.05, 0.1) is 11.0 Å². The van der Waals surface area contributed by atoms with E-state index in [0.717, 1.165) is 16.6 Å². The largest absolute Gasteiger partial charge is 0.399 e. The summed E-state index contributed by atoms with van der Waals surface area (Å²) in [5.41, 5.74) is 9.04. The van der Waals surface area contributed by atoms with Crippen molar-refractivity contribution >= 4 is 28.6 Å². The average molecular weight is 277 g/mol. The van der Waals surface area contributed by atoms with Crippen LogP contribution in [0.3, 0.4) is 0 Å². The minimum atomic E-state index is -0.129. The lowest BCUT2D eigenvalue weighted by Gasteiger charge is -1.98. The minimum absolute atomic E-state index is 0.129. The molecule has 2 N–H and O–H groups in total. The molecule has 0 atom stereocenters. The summed E-state index contributed by atoms with van der Waals surface area (Å²) in [6.45, 7) is 0. The number of imidazole rings is 1. The van der Waals surface area contributed by atoms with Gasteiger partial charge in [-0.25, -0.2) is 4.98 Å². The summed E-state index contributed by atoms with van der Waals surface area (Å²) in [4.78, 5) is 16.7. The van der Waals surface area contributed by atoms with Gasteiger partial charge in [0, 0.05) is 12.7 Å². The van der Waals surface area contributed by atoms with Gasteiger partial charge >= 0.3 is 0 Å². The van der Waals surface area contributed by atoms with E-state index in [9.17, 15) is 4.79 Å². The van der Waals surface area contributed by atoms with E-state index in [2.05, 4.69) is 4.98 Å². The zero-order chi connectivity index (χ0) is 14.8. The van der Waals surface area contributed by atoms with E-state index in [0.29, 0.717) is 11.5 Å². The molecule has 0 aliphatic heterocycles. The van der Waals surface area contributed by atoms with Crippen molar-refractivity contribution in [2.75, 3.05) is 5.73 Å². The molecule has 0 aliphatic rings. The van der Waals surface area contributed by atoms with Gasteiger partial charge < -0.3 is 10.3 Å². The summed E-state index contributed by atoms with van der Waals surface area (Å²) in [7, 11) is 1.84. The molecule has 0 amide bonds. The van der Waals surface area contributed by atoms with Crippen LogP contribution in [0.15, 0.2) is 54.6 Å². The molecule has 4 nitrogen and oxygen atoms in total. The van der Waals surface area contributed by atoms with Gasteiger partial charge in [-0.2, -0.15) is 0 Å². The van der Waals surface area contributed by atoms with Gasteiger partial charge in [0.2, 0.25) is 5.78 Å². The smallest absolute Gasteiger partial charge is 0.221 e. The molecule has 0 bridgehead atoms. The first-order valence-corrected chi connectivity index (χ1v) is 6.64. The molecular weight excluding hydrogens is 262 g/mol. The Morgan fingerprint density at radius 3 is 2.76 bits per heavy atom. The Morgan fingerprint density at radius 1 is 1.19 bits per heavy atom. The van der Waals surface area contributed by atoms with E-state index >= 15 is 0 Å². The summed E-state index contributed by atoms with van der Waals surface area (Å²) < 4.78 is 1.81. The van der Waals surface area contributed by atoms with Crippen LogP contribution >= 0.6 is 0 Å². The molecule has 3 rings (SSSR count). The second kappa shape index (κ2) is 5.25. The molecule has 1 heterocycles. The first kappa shape index (κ1) is 13.1. The number of carbonyl (C=O) groups excluding carboxylic acids is 1. The number of rotatable bonds is 3. The second-order valence-corrected chi connectivity index (χ2v) is 4.85. The molecule has 21 heavy (non-hydrogen) atoms. The van der Waals surface area contributed by atoms with E-state index in [-0.39, 0.29) is 5.78 Å². The van der Waals surface area contributed by atoms with Crippen LogP contribution in [-0.2, 0) is 7.05 Å². The van der Waals surface area contributed by atoms with Crippen LogP contribution in [0.4, 0.5) is 5.69 Å². The Bertz CT molecular complexity index is 846. The maximum absolute atomic E-state index is 12.3. The van der Waals surface area contributed by atoms with Crippen molar-refractivity contribution in [3.05, 3.63) is 66.0 Å². The Kier molecular flexibility index (Phi) is 3.28. The van der Waals surface area contributed by atoms with Gasteiger partial charge in [-0.15, -0.1) is 0 Å². The van der Waals surface area contributed by atoms with Gasteiger partial charge in [-0.1, -0.05) is 30.3 Å². The monoisotopic (exact) mass is 277 g/mol. The van der Waals surface area contributed by atoms with Crippen molar-refractivity contribution < 1.29 is 4.79 Å². The van der Waals surface area contributed by atoms with Crippen LogP contribution in [0.25, 0.3) is 17.1 Å². The highest BCUT2D eigenvalue weighted by molar-refractivity contribution is 6.06. The Labute approximate surface area is 122 Å². The Balaban J connectivity index is 1.92. The van der Waals surface area contributed by atoms with Gasteiger partial charge in [-0.3, -0.25) is 4.79 Å². The fourth-order valence-corrected chi connectivity index (χ4v) is 2.28. The molecule has 0 radical (unpaired) electrons. The zero-order valence-electron chi connectivity index (χ0n) is 11.7. The summed E-state index contributed by atoms with van der Waals surface area (Å²) >= 11 is 0. The maximum atomic E-state index is 12.3. The van der Waals surface area contributed by atoms with Gasteiger partial charge in [-0.05, 0) is 35.9 Å². The molecule has 104 valence electrons. The lowest BCUT2D eigenvalue weighted by molar-refractivity contribution is 0.103. The van der Waals surface area contributed by atoms with Crippen molar-refractivity contribution in [3.8, 4) is 0 Å². The summed E-state index contributed by atoms with van der Waals surface area (Å²) in [5, 5.41) is 0. The summed E-state index contributed by atoms with van der Waals surface area (Å²) in [5.74, 6) is 0.299. The standard InChI is InChI=1S/C17H15N3O/c1-20-15-8-3-2-7-14(15)19-17(20)16(21)10-9-12-5-4-6-13(18)11-12/h2-11H,18H2,1H3/b10-9+. The maximum Gasteiger partial charge on any atom is 0.221 e. The Morgan fingerprint density at radius 2 is 2.00 bits per heavy atom. The lowest BCUT2D eigenvalue weighted by atomic mass is 10.1. The third-order valence-corrected chi connectivity index (χ3v) is 3.35. The minimum Gasteiger partial charge on any atom is -0.399 e. The molecule has 1 aromatic heterocycles. The quantitative estimate of drug-likeness (QED) is 0.454. The first-order valence-electron chi connectivity index (χ1n) is 6.64. The number of nitrogens with two attached hydrogens (primary N) is 1. The number of hydrogen-bond donors (Lipinski definition) is 1. The number of aryl methyl sites for hydroxylation is 1. The fraction of sp³-hybridized carbons (Fsp3) is 0.0588. The number of fused-ring (bicyclic) bond motifs is 1. The molecule has 3 aromatic rings. The SMILES string of the molecule is Cn1c(C(=O)/C=C/c2cccc(N)c2)nc2ccccc21. The molecule has 0 saturated carbocycles. The van der Waals surface area contributed by atoms with Gasteiger partial charge in [0.15, 0.2) is 5.82 Å². The molecule has 0 aliphatic carbocycles. The van der Waals surface area contributed by atoms with Crippen LogP contribution in [0.2, 0.25) is 0 Å². The summed E-state index contributed by atoms with van der Waals surface area (Å²) in [6, 6.07) is 15.1. The normalized spacial score (nSPS) is 11.3. The van der Waals surface area contributed by atoms with Gasteiger partial charge in [0.1, 0.15) is 0 Å². The van der Waals surface area contributed by atoms with Gasteiger partial charge in [0.25, 0.3) is 0 Å². The van der Waals surface area contributed by atoms with Crippen LogP contribution < -0.4 is 5.73 Å². The average Bonchev–Trinajstić information content (AvgIpc) is 2.83. The van der Waals surface area contributed by atoms with Crippen molar-refractivity contribution in [2.45, 2.75) is 0 Å². The van der Waals surface area contributed by atoms with Crippen molar-refractivity contribution in [3.63, 3.8) is 0 Å². The Hall–Kier alpha value is -2.88. The summed E-state index contributed by atoms with van der Waals surface area (Å²) in [6.07, 6.45) is 3.27. The van der Waals surface area contributed by atoms with E-state index < -0.39 is 0 Å². The predicted molar refractivity (Wildman–Crippen MR) is 84.9 cm³/mol. The topological polar surface area (TPSA) is 60.9 Å². The number of nitrogens with zero attached hydrogens (tertiary/aromatic N) is 2. The van der Waals surface area contributed by atoms with E-state index in [4.69, 9.17) is 5.73 Å². The third-order valence-electron chi connectivity index (χ3n) is 3.35. The molecule has 4 heteroatoms. The number of ketones is 1. The van der Waals surface area contributed by atoms with Crippen molar-refractivity contribution in [2.24, 2.45) is 7.05 Å². The lowest BCUT2D eigenvalue weighted by Crippen LogP contribution is -2.04.